The SMILES string of the molecule is CCNC1CC(C)(O)C1. The van der Waals surface area contributed by atoms with Crippen LogP contribution < -0.4 is 5.32 Å². The maximum Gasteiger partial charge on any atom is 0.0649 e. The highest BCUT2D eigenvalue weighted by Gasteiger charge is 2.37. The molecule has 1 aliphatic carbocycles. The van der Waals surface area contributed by atoms with Crippen molar-refractivity contribution in [3.8, 4) is 0 Å². The van der Waals surface area contributed by atoms with E-state index in [-0.39, 0.29) is 5.60 Å². The highest BCUT2D eigenvalue weighted by atomic mass is 16.3. The zero-order valence-corrected chi connectivity index (χ0v) is 6.15. The van der Waals surface area contributed by atoms with E-state index in [1.807, 2.05) is 6.92 Å². The highest BCUT2D eigenvalue weighted by Crippen LogP contribution is 2.30. The van der Waals surface area contributed by atoms with Crippen LogP contribution in [0.5, 0.6) is 0 Å². The standard InChI is InChI=1S/C7H15NO/c1-3-8-6-4-7(2,9)5-6/h6,8-9H,3-5H2,1-2H3. The molecule has 1 saturated carbocycles. The second kappa shape index (κ2) is 2.27. The van der Waals surface area contributed by atoms with Gasteiger partial charge >= 0.3 is 0 Å². The minimum atomic E-state index is -0.368. The average Bonchev–Trinajstić information content (AvgIpc) is 1.62. The minimum absolute atomic E-state index is 0.368. The molecule has 0 unspecified atom stereocenters. The van der Waals surface area contributed by atoms with E-state index in [4.69, 9.17) is 0 Å². The van der Waals surface area contributed by atoms with Crippen LogP contribution in [0.3, 0.4) is 0 Å². The normalized spacial score (nSPS) is 42.3. The third kappa shape index (κ3) is 1.66. The molecule has 1 rings (SSSR count). The van der Waals surface area contributed by atoms with Gasteiger partial charge in [-0.3, -0.25) is 0 Å². The Bertz CT molecular complexity index is 93.1. The summed E-state index contributed by atoms with van der Waals surface area (Å²) in [5, 5.41) is 12.5. The van der Waals surface area contributed by atoms with E-state index in [1.54, 1.807) is 0 Å². The van der Waals surface area contributed by atoms with Gasteiger partial charge in [-0.25, -0.2) is 0 Å². The lowest BCUT2D eigenvalue weighted by atomic mass is 9.77. The van der Waals surface area contributed by atoms with Gasteiger partial charge in [-0.1, -0.05) is 6.92 Å². The molecule has 0 radical (unpaired) electrons. The maximum atomic E-state index is 9.27. The molecule has 2 N–H and O–H groups in total. The van der Waals surface area contributed by atoms with E-state index in [2.05, 4.69) is 12.2 Å². The van der Waals surface area contributed by atoms with E-state index in [9.17, 15) is 5.11 Å². The summed E-state index contributed by atoms with van der Waals surface area (Å²) in [6.45, 7) is 4.99. The van der Waals surface area contributed by atoms with Crippen molar-refractivity contribution in [3.63, 3.8) is 0 Å². The van der Waals surface area contributed by atoms with Gasteiger partial charge in [0.25, 0.3) is 0 Å². The van der Waals surface area contributed by atoms with Crippen molar-refractivity contribution < 1.29 is 5.11 Å². The van der Waals surface area contributed by atoms with Crippen molar-refractivity contribution in [2.24, 2.45) is 0 Å². The highest BCUT2D eigenvalue weighted by molar-refractivity contribution is 4.94. The molecule has 0 aromatic heterocycles. The van der Waals surface area contributed by atoms with Crippen LogP contribution in [-0.4, -0.2) is 23.3 Å². The largest absolute Gasteiger partial charge is 0.390 e. The Morgan fingerprint density at radius 1 is 1.67 bits per heavy atom. The van der Waals surface area contributed by atoms with Crippen LogP contribution in [0, 0.1) is 0 Å². The summed E-state index contributed by atoms with van der Waals surface area (Å²) in [4.78, 5) is 0. The van der Waals surface area contributed by atoms with Crippen molar-refractivity contribution >= 4 is 0 Å². The molecule has 0 heterocycles. The lowest BCUT2D eigenvalue weighted by Crippen LogP contribution is -2.51. The van der Waals surface area contributed by atoms with Crippen molar-refractivity contribution in [2.75, 3.05) is 6.54 Å². The summed E-state index contributed by atoms with van der Waals surface area (Å²) in [5.74, 6) is 0. The Kier molecular flexibility index (Phi) is 1.78. The molecule has 0 bridgehead atoms. The fourth-order valence-corrected chi connectivity index (χ4v) is 1.43. The summed E-state index contributed by atoms with van der Waals surface area (Å²) in [6.07, 6.45) is 1.84. The third-order valence-electron chi connectivity index (χ3n) is 1.87. The van der Waals surface area contributed by atoms with Gasteiger partial charge < -0.3 is 10.4 Å². The van der Waals surface area contributed by atoms with Crippen LogP contribution in [0.15, 0.2) is 0 Å². The number of nitrogens with one attached hydrogen (secondary N) is 1. The van der Waals surface area contributed by atoms with Crippen molar-refractivity contribution in [1.82, 2.24) is 5.32 Å². The van der Waals surface area contributed by atoms with Gasteiger partial charge in [-0.2, -0.15) is 0 Å². The molecule has 0 aromatic rings. The van der Waals surface area contributed by atoms with E-state index >= 15 is 0 Å². The Morgan fingerprint density at radius 2 is 2.22 bits per heavy atom. The molecule has 1 aliphatic rings. The first-order valence-corrected chi connectivity index (χ1v) is 3.60. The zero-order chi connectivity index (χ0) is 6.91. The fourth-order valence-electron chi connectivity index (χ4n) is 1.43. The zero-order valence-electron chi connectivity index (χ0n) is 6.15. The first-order valence-electron chi connectivity index (χ1n) is 3.60. The summed E-state index contributed by atoms with van der Waals surface area (Å²) < 4.78 is 0. The molecule has 0 saturated heterocycles. The Labute approximate surface area is 56.3 Å². The van der Waals surface area contributed by atoms with Crippen LogP contribution in [-0.2, 0) is 0 Å². The van der Waals surface area contributed by atoms with Crippen molar-refractivity contribution in [1.29, 1.82) is 0 Å². The molecule has 1 fully saturated rings. The topological polar surface area (TPSA) is 32.3 Å². The van der Waals surface area contributed by atoms with Crippen LogP contribution in [0.2, 0.25) is 0 Å². The molecule has 0 aliphatic heterocycles. The molecular weight excluding hydrogens is 114 g/mol. The van der Waals surface area contributed by atoms with E-state index in [0.29, 0.717) is 6.04 Å². The molecular formula is C7H15NO. The third-order valence-corrected chi connectivity index (χ3v) is 1.87. The second-order valence-electron chi connectivity index (χ2n) is 3.16. The average molecular weight is 129 g/mol. The molecule has 0 atom stereocenters. The summed E-state index contributed by atoms with van der Waals surface area (Å²) in [7, 11) is 0. The second-order valence-corrected chi connectivity index (χ2v) is 3.16. The minimum Gasteiger partial charge on any atom is -0.390 e. The lowest BCUT2D eigenvalue weighted by Gasteiger charge is -2.41. The smallest absolute Gasteiger partial charge is 0.0649 e. The van der Waals surface area contributed by atoms with E-state index < -0.39 is 0 Å². The molecule has 0 aromatic carbocycles. The number of hydrogen-bond acceptors (Lipinski definition) is 2. The molecule has 2 nitrogen and oxygen atoms in total. The Balaban J connectivity index is 2.12. The van der Waals surface area contributed by atoms with Crippen LogP contribution >= 0.6 is 0 Å². The monoisotopic (exact) mass is 129 g/mol. The maximum absolute atomic E-state index is 9.27. The number of aliphatic hydroxyl groups is 1. The quantitative estimate of drug-likeness (QED) is 0.569. The van der Waals surface area contributed by atoms with Gasteiger partial charge in [-0.15, -0.1) is 0 Å². The molecule has 0 spiro atoms. The fraction of sp³-hybridized carbons (Fsp3) is 1.00. The predicted molar refractivity (Wildman–Crippen MR) is 37.3 cm³/mol. The van der Waals surface area contributed by atoms with Gasteiger partial charge in [0.15, 0.2) is 0 Å². The molecule has 2 heteroatoms. The van der Waals surface area contributed by atoms with E-state index in [0.717, 1.165) is 19.4 Å². The van der Waals surface area contributed by atoms with Gasteiger partial charge in [0.05, 0.1) is 5.60 Å². The Hall–Kier alpha value is -0.0800. The predicted octanol–water partition coefficient (Wildman–Crippen LogP) is 0.509. The van der Waals surface area contributed by atoms with Crippen molar-refractivity contribution in [3.05, 3.63) is 0 Å². The molecule has 0 amide bonds. The summed E-state index contributed by atoms with van der Waals surface area (Å²) >= 11 is 0. The van der Waals surface area contributed by atoms with Crippen LogP contribution in [0.1, 0.15) is 26.7 Å². The number of hydrogen-bond donors (Lipinski definition) is 2. The molecule has 9 heavy (non-hydrogen) atoms. The first kappa shape index (κ1) is 7.03. The van der Waals surface area contributed by atoms with Crippen LogP contribution in [0.4, 0.5) is 0 Å². The van der Waals surface area contributed by atoms with E-state index in [1.165, 1.54) is 0 Å². The summed E-state index contributed by atoms with van der Waals surface area (Å²) in [5.41, 5.74) is -0.368. The van der Waals surface area contributed by atoms with Crippen LogP contribution in [0.25, 0.3) is 0 Å². The van der Waals surface area contributed by atoms with Gasteiger partial charge in [-0.05, 0) is 26.3 Å². The van der Waals surface area contributed by atoms with Gasteiger partial charge in [0.1, 0.15) is 0 Å². The lowest BCUT2D eigenvalue weighted by molar-refractivity contribution is -0.0383. The van der Waals surface area contributed by atoms with Gasteiger partial charge in [0.2, 0.25) is 0 Å². The Morgan fingerprint density at radius 3 is 2.56 bits per heavy atom. The first-order chi connectivity index (χ1) is 4.14. The molecule has 54 valence electrons. The van der Waals surface area contributed by atoms with Crippen molar-refractivity contribution in [2.45, 2.75) is 38.3 Å². The van der Waals surface area contributed by atoms with Gasteiger partial charge in [0, 0.05) is 6.04 Å². The summed E-state index contributed by atoms with van der Waals surface area (Å²) in [6, 6.07) is 0.574. The number of rotatable bonds is 2.